The Morgan fingerprint density at radius 3 is 2.91 bits per heavy atom. The number of azide groups is 1. The second kappa shape index (κ2) is 7.05. The van der Waals surface area contributed by atoms with Gasteiger partial charge in [-0.15, -0.1) is 0 Å². The molecular weight excluding hydrogens is 290 g/mol. The van der Waals surface area contributed by atoms with E-state index in [1.54, 1.807) is 0 Å². The van der Waals surface area contributed by atoms with Crippen LogP contribution in [0.5, 0.6) is 5.75 Å². The number of nitrogens with one attached hydrogen (secondary N) is 1. The first kappa shape index (κ1) is 15.2. The standard InChI is InChI=1S/C17H19N5O/c1-13(20-21-18)11-22-17-9-16(8-7-15(17)10-19-22)23-12-14-5-3-2-4-6-14/h2-9,13,19H,10-12H2,1H3/t13-/m0/s1. The van der Waals surface area contributed by atoms with E-state index < -0.39 is 0 Å². The highest BCUT2D eigenvalue weighted by atomic mass is 16.5. The topological polar surface area (TPSA) is 73.3 Å². The summed E-state index contributed by atoms with van der Waals surface area (Å²) in [7, 11) is 0. The minimum Gasteiger partial charge on any atom is -0.489 e. The number of hydrazine groups is 1. The molecule has 118 valence electrons. The van der Waals surface area contributed by atoms with Gasteiger partial charge in [-0.05, 0) is 22.7 Å². The van der Waals surface area contributed by atoms with Crippen LogP contribution in [-0.2, 0) is 13.2 Å². The highest BCUT2D eigenvalue weighted by molar-refractivity contribution is 5.59. The maximum atomic E-state index is 8.53. The third kappa shape index (κ3) is 3.74. The van der Waals surface area contributed by atoms with Gasteiger partial charge < -0.3 is 9.75 Å². The van der Waals surface area contributed by atoms with E-state index in [0.29, 0.717) is 13.2 Å². The number of anilines is 1. The van der Waals surface area contributed by atoms with Crippen molar-refractivity contribution < 1.29 is 4.74 Å². The van der Waals surface area contributed by atoms with Gasteiger partial charge in [0.2, 0.25) is 0 Å². The molecule has 0 aromatic heterocycles. The lowest BCUT2D eigenvalue weighted by atomic mass is 10.2. The van der Waals surface area contributed by atoms with Gasteiger partial charge in [0.1, 0.15) is 12.4 Å². The van der Waals surface area contributed by atoms with E-state index in [2.05, 4.69) is 21.5 Å². The van der Waals surface area contributed by atoms with Crippen LogP contribution in [0.4, 0.5) is 5.69 Å². The van der Waals surface area contributed by atoms with Crippen molar-refractivity contribution >= 4 is 5.69 Å². The maximum Gasteiger partial charge on any atom is 0.121 e. The molecule has 0 bridgehead atoms. The monoisotopic (exact) mass is 309 g/mol. The van der Waals surface area contributed by atoms with Crippen LogP contribution >= 0.6 is 0 Å². The molecule has 23 heavy (non-hydrogen) atoms. The van der Waals surface area contributed by atoms with E-state index in [4.69, 9.17) is 10.3 Å². The zero-order valence-corrected chi connectivity index (χ0v) is 13.0. The van der Waals surface area contributed by atoms with Crippen molar-refractivity contribution in [3.8, 4) is 5.75 Å². The minimum absolute atomic E-state index is 0.104. The number of hydrogen-bond acceptors (Lipinski definition) is 4. The van der Waals surface area contributed by atoms with Crippen LogP contribution < -0.4 is 15.2 Å². The second-order valence-electron chi connectivity index (χ2n) is 5.56. The molecule has 2 aromatic carbocycles. The first-order valence-corrected chi connectivity index (χ1v) is 7.61. The Hall–Kier alpha value is -2.69. The van der Waals surface area contributed by atoms with Crippen LogP contribution in [0.1, 0.15) is 18.1 Å². The normalized spacial score (nSPS) is 14.0. The molecule has 1 aliphatic heterocycles. The fraction of sp³-hybridized carbons (Fsp3) is 0.294. The second-order valence-corrected chi connectivity index (χ2v) is 5.56. The Balaban J connectivity index is 1.69. The third-order valence-corrected chi connectivity index (χ3v) is 3.75. The number of nitrogens with zero attached hydrogens (tertiary/aromatic N) is 4. The molecule has 0 aliphatic carbocycles. The van der Waals surface area contributed by atoms with Crippen molar-refractivity contribution in [2.75, 3.05) is 11.6 Å². The molecule has 1 heterocycles. The van der Waals surface area contributed by atoms with Crippen molar-refractivity contribution in [1.82, 2.24) is 5.43 Å². The minimum atomic E-state index is -0.104. The van der Waals surface area contributed by atoms with Gasteiger partial charge >= 0.3 is 0 Å². The van der Waals surface area contributed by atoms with Gasteiger partial charge in [-0.2, -0.15) is 0 Å². The Labute approximate surface area is 135 Å². The Morgan fingerprint density at radius 2 is 2.13 bits per heavy atom. The van der Waals surface area contributed by atoms with Crippen LogP contribution in [0.25, 0.3) is 10.4 Å². The van der Waals surface area contributed by atoms with E-state index in [9.17, 15) is 0 Å². The fourth-order valence-corrected chi connectivity index (χ4v) is 2.59. The summed E-state index contributed by atoms with van der Waals surface area (Å²) in [5, 5.41) is 5.74. The van der Waals surface area contributed by atoms with Crippen LogP contribution in [-0.4, -0.2) is 12.6 Å². The first-order valence-electron chi connectivity index (χ1n) is 7.61. The molecule has 1 N–H and O–H groups in total. The number of ether oxygens (including phenoxy) is 1. The summed E-state index contributed by atoms with van der Waals surface area (Å²) in [6.07, 6.45) is 0. The summed E-state index contributed by atoms with van der Waals surface area (Å²) in [6, 6.07) is 16.1. The van der Waals surface area contributed by atoms with Gasteiger partial charge in [-0.25, -0.2) is 5.43 Å². The van der Waals surface area contributed by atoms with E-state index in [0.717, 1.165) is 23.5 Å². The van der Waals surface area contributed by atoms with Crippen molar-refractivity contribution in [2.45, 2.75) is 26.1 Å². The fourth-order valence-electron chi connectivity index (χ4n) is 2.59. The van der Waals surface area contributed by atoms with Gasteiger partial charge in [0.25, 0.3) is 0 Å². The molecule has 2 aromatic rings. The summed E-state index contributed by atoms with van der Waals surface area (Å²) in [5.41, 5.74) is 15.3. The van der Waals surface area contributed by atoms with Gasteiger partial charge in [0.15, 0.2) is 0 Å². The zero-order chi connectivity index (χ0) is 16.1. The van der Waals surface area contributed by atoms with Gasteiger partial charge in [0.05, 0.1) is 11.7 Å². The van der Waals surface area contributed by atoms with E-state index in [1.807, 2.05) is 54.4 Å². The molecule has 0 amide bonds. The Kier molecular flexibility index (Phi) is 4.66. The van der Waals surface area contributed by atoms with Crippen LogP contribution in [0.3, 0.4) is 0 Å². The molecule has 0 fully saturated rings. The highest BCUT2D eigenvalue weighted by Crippen LogP contribution is 2.30. The lowest BCUT2D eigenvalue weighted by Crippen LogP contribution is -2.37. The lowest BCUT2D eigenvalue weighted by Gasteiger charge is -2.21. The lowest BCUT2D eigenvalue weighted by molar-refractivity contribution is 0.306. The molecule has 6 heteroatoms. The number of fused-ring (bicyclic) bond motifs is 1. The highest BCUT2D eigenvalue weighted by Gasteiger charge is 2.20. The summed E-state index contributed by atoms with van der Waals surface area (Å²) in [4.78, 5) is 2.86. The molecule has 0 saturated carbocycles. The molecule has 0 unspecified atom stereocenters. The van der Waals surface area contributed by atoms with Gasteiger partial charge in [-0.1, -0.05) is 48.4 Å². The summed E-state index contributed by atoms with van der Waals surface area (Å²) >= 11 is 0. The summed E-state index contributed by atoms with van der Waals surface area (Å²) in [5.74, 6) is 0.831. The molecule has 3 rings (SSSR count). The Morgan fingerprint density at radius 1 is 1.30 bits per heavy atom. The number of hydrogen-bond donors (Lipinski definition) is 1. The smallest absolute Gasteiger partial charge is 0.121 e. The summed E-state index contributed by atoms with van der Waals surface area (Å²) < 4.78 is 5.88. The zero-order valence-electron chi connectivity index (χ0n) is 13.0. The average Bonchev–Trinajstić information content (AvgIpc) is 2.96. The molecular formula is C17H19N5O. The van der Waals surface area contributed by atoms with E-state index >= 15 is 0 Å². The van der Waals surface area contributed by atoms with E-state index in [-0.39, 0.29) is 6.04 Å². The predicted octanol–water partition coefficient (Wildman–Crippen LogP) is 3.79. The van der Waals surface area contributed by atoms with Gasteiger partial charge in [-0.3, -0.25) is 0 Å². The van der Waals surface area contributed by atoms with Gasteiger partial charge in [0, 0.05) is 24.1 Å². The number of benzene rings is 2. The predicted molar refractivity (Wildman–Crippen MR) is 90.0 cm³/mol. The van der Waals surface area contributed by atoms with Crippen molar-refractivity contribution in [2.24, 2.45) is 5.11 Å². The van der Waals surface area contributed by atoms with Crippen molar-refractivity contribution in [1.29, 1.82) is 0 Å². The molecule has 1 aliphatic rings. The van der Waals surface area contributed by atoms with Crippen LogP contribution in [0, 0.1) is 0 Å². The number of rotatable bonds is 6. The average molecular weight is 309 g/mol. The molecule has 0 spiro atoms. The molecule has 1 atom stereocenters. The third-order valence-electron chi connectivity index (χ3n) is 3.75. The Bertz CT molecular complexity index is 712. The van der Waals surface area contributed by atoms with Crippen molar-refractivity contribution in [3.63, 3.8) is 0 Å². The van der Waals surface area contributed by atoms with E-state index in [1.165, 1.54) is 5.56 Å². The van der Waals surface area contributed by atoms with Crippen LogP contribution in [0.15, 0.2) is 53.6 Å². The summed E-state index contributed by atoms with van der Waals surface area (Å²) in [6.45, 7) is 3.84. The molecule has 0 radical (unpaired) electrons. The molecule has 0 saturated heterocycles. The largest absolute Gasteiger partial charge is 0.489 e. The van der Waals surface area contributed by atoms with Crippen LogP contribution in [0.2, 0.25) is 0 Å². The first-order chi connectivity index (χ1) is 11.3. The maximum absolute atomic E-state index is 8.53. The van der Waals surface area contributed by atoms with Crippen molar-refractivity contribution in [3.05, 3.63) is 70.1 Å². The SMILES string of the molecule is C[C@@H](CN1NCc2ccc(OCc3ccccc3)cc21)N=[N+]=[N-]. The molecule has 6 nitrogen and oxygen atoms in total. The quantitative estimate of drug-likeness (QED) is 0.501.